The van der Waals surface area contributed by atoms with Crippen LogP contribution in [0.2, 0.25) is 5.02 Å². The van der Waals surface area contributed by atoms with Crippen LogP contribution in [0.1, 0.15) is 32.6 Å². The van der Waals surface area contributed by atoms with E-state index in [2.05, 4.69) is 21.3 Å². The van der Waals surface area contributed by atoms with Crippen LogP contribution in [-0.2, 0) is 4.79 Å². The van der Waals surface area contributed by atoms with Gasteiger partial charge in [-0.3, -0.25) is 9.69 Å². The van der Waals surface area contributed by atoms with Gasteiger partial charge in [0.05, 0.1) is 32.9 Å². The Morgan fingerprint density at radius 1 is 1.35 bits per heavy atom. The Morgan fingerprint density at radius 2 is 2.15 bits per heavy atom. The van der Waals surface area contributed by atoms with Crippen molar-refractivity contribution in [3.05, 3.63) is 58.9 Å². The van der Waals surface area contributed by atoms with Gasteiger partial charge in [-0.2, -0.15) is 9.97 Å². The molecular weight excluding hydrogens is 663 g/mol. The van der Waals surface area contributed by atoms with Gasteiger partial charge < -0.3 is 20.3 Å². The molecule has 3 aliphatic heterocycles. The average molecular weight is 696 g/mol. The van der Waals surface area contributed by atoms with E-state index in [9.17, 15) is 13.6 Å². The van der Waals surface area contributed by atoms with Gasteiger partial charge in [0.1, 0.15) is 29.9 Å². The molecule has 3 saturated heterocycles. The summed E-state index contributed by atoms with van der Waals surface area (Å²) in [5.41, 5.74) is 5.64. The lowest BCUT2D eigenvalue weighted by Crippen LogP contribution is -2.44. The minimum absolute atomic E-state index is 0.00360. The van der Waals surface area contributed by atoms with Crippen LogP contribution >= 0.6 is 22.9 Å². The number of nitrogen functional groups attached to an aromatic ring is 1. The number of benzene rings is 2. The summed E-state index contributed by atoms with van der Waals surface area (Å²) in [6, 6.07) is 3.63. The summed E-state index contributed by atoms with van der Waals surface area (Å²) in [6.07, 6.45) is 2.97. The van der Waals surface area contributed by atoms with Gasteiger partial charge in [-0.05, 0) is 56.5 Å². The first-order valence-corrected chi connectivity index (χ1v) is 16.9. The van der Waals surface area contributed by atoms with Crippen LogP contribution < -0.4 is 15.4 Å². The predicted octanol–water partition coefficient (Wildman–Crippen LogP) is 7.14. The van der Waals surface area contributed by atoms with E-state index >= 15 is 4.39 Å². The second-order valence-corrected chi connectivity index (χ2v) is 14.3. The minimum atomic E-state index is -0.959. The molecule has 250 valence electrons. The summed E-state index contributed by atoms with van der Waals surface area (Å²) in [7, 11) is 1.82. The highest BCUT2D eigenvalue weighted by Gasteiger charge is 2.49. The van der Waals surface area contributed by atoms with Gasteiger partial charge in [0.2, 0.25) is 11.6 Å². The Morgan fingerprint density at radius 3 is 2.90 bits per heavy atom. The predicted molar refractivity (Wildman–Crippen MR) is 183 cm³/mol. The van der Waals surface area contributed by atoms with Crippen LogP contribution in [0.25, 0.3) is 37.0 Å². The van der Waals surface area contributed by atoms with Gasteiger partial charge in [-0.25, -0.2) is 18.0 Å². The number of anilines is 2. The normalized spacial score (nSPS) is 23.9. The zero-order valence-electron chi connectivity index (χ0n) is 26.4. The number of thiophene rings is 1. The van der Waals surface area contributed by atoms with Crippen LogP contribution in [0.3, 0.4) is 0 Å². The zero-order valence-corrected chi connectivity index (χ0v) is 28.0. The number of alkyl halides is 1. The number of ether oxygens (including phenoxy) is 1. The number of aromatic nitrogens is 2. The van der Waals surface area contributed by atoms with Crippen molar-refractivity contribution in [3.8, 4) is 17.1 Å². The molecule has 3 aliphatic rings. The van der Waals surface area contributed by atoms with Crippen molar-refractivity contribution < 1.29 is 22.7 Å². The lowest BCUT2D eigenvalue weighted by atomic mass is 9.95. The minimum Gasteiger partial charge on any atom is -0.461 e. The molecule has 0 spiro atoms. The van der Waals surface area contributed by atoms with Gasteiger partial charge in [0, 0.05) is 48.9 Å². The summed E-state index contributed by atoms with van der Waals surface area (Å²) in [5, 5.41) is 0.590. The number of carbonyl (C=O) groups is 1. The number of nitrogens with two attached hydrogens (primary N) is 1. The maximum atomic E-state index is 17.0. The van der Waals surface area contributed by atoms with Crippen LogP contribution in [0.5, 0.6) is 6.01 Å². The Labute approximate surface area is 284 Å². The molecule has 3 fully saturated rings. The second kappa shape index (κ2) is 12.1. The Kier molecular flexibility index (Phi) is 8.17. The van der Waals surface area contributed by atoms with E-state index in [1.54, 1.807) is 11.0 Å². The third-order valence-corrected chi connectivity index (χ3v) is 11.6. The second-order valence-electron chi connectivity index (χ2n) is 12.8. The number of hydrogen-bond donors (Lipinski definition) is 1. The maximum absolute atomic E-state index is 17.0. The van der Waals surface area contributed by atoms with E-state index in [1.165, 1.54) is 18.2 Å². The molecule has 0 aliphatic carbocycles. The average Bonchev–Trinajstić information content (AvgIpc) is 3.81. The van der Waals surface area contributed by atoms with Gasteiger partial charge in [0.15, 0.2) is 5.82 Å². The molecule has 7 rings (SSSR count). The van der Waals surface area contributed by atoms with Crippen LogP contribution in [0.15, 0.2) is 30.9 Å². The summed E-state index contributed by atoms with van der Waals surface area (Å²) >= 11 is 7.76. The Hall–Kier alpha value is -4.12. The Balaban J connectivity index is 1.38. The number of hydrogen-bond acceptors (Lipinski definition) is 8. The molecule has 2 N–H and O–H groups in total. The third kappa shape index (κ3) is 5.04. The summed E-state index contributed by atoms with van der Waals surface area (Å²) in [6.45, 7) is 15.0. The molecule has 5 heterocycles. The third-order valence-electron chi connectivity index (χ3n) is 10.2. The molecule has 0 bridgehead atoms. The summed E-state index contributed by atoms with van der Waals surface area (Å²) in [5.74, 6) is -1.23. The highest BCUT2D eigenvalue weighted by atomic mass is 35.5. The van der Waals surface area contributed by atoms with Crippen molar-refractivity contribution in [1.82, 2.24) is 19.8 Å². The quantitative estimate of drug-likeness (QED) is 0.162. The lowest BCUT2D eigenvalue weighted by Gasteiger charge is -2.33. The zero-order chi connectivity index (χ0) is 34.1. The molecule has 0 radical (unpaired) electrons. The SMILES string of the molecule is [C-]#[N+]c1c(N)sc2c(F)ccc(-c3c(Cl)cc4c(N(C)[C@@H]5CCN(C(=O)C=C)[C@@H]5C)nc(OC[C@]56CCCN5C[C@H](F)C6)nc4c3F)c12. The molecule has 4 atom stereocenters. The highest BCUT2D eigenvalue weighted by molar-refractivity contribution is 7.23. The first kappa shape index (κ1) is 32.4. The number of amides is 1. The summed E-state index contributed by atoms with van der Waals surface area (Å²) in [4.78, 5) is 31.1. The molecule has 0 saturated carbocycles. The van der Waals surface area contributed by atoms with Crippen molar-refractivity contribution in [2.75, 3.05) is 43.9 Å². The maximum Gasteiger partial charge on any atom is 0.319 e. The highest BCUT2D eigenvalue weighted by Crippen LogP contribution is 2.49. The standard InChI is InChI=1S/C34H33ClF3N7O2S/c1-5-24(46)45-12-9-23(17(45)2)43(4)32-20-13-21(35)25(19-7-8-22(37)30-26(19)29(40-3)31(39)48-30)27(38)28(20)41-33(42-32)47-16-34-10-6-11-44(34)15-18(36)14-34/h5,7-8,13,17-18,23H,1,6,9-12,14-16,39H2,2,4H3/t17-,18-,23-,34-/m1/s1. The van der Waals surface area contributed by atoms with Gasteiger partial charge in [-0.15, -0.1) is 11.3 Å². The first-order valence-electron chi connectivity index (χ1n) is 15.7. The molecule has 2 aromatic carbocycles. The van der Waals surface area contributed by atoms with E-state index in [0.29, 0.717) is 37.1 Å². The van der Waals surface area contributed by atoms with Crippen molar-refractivity contribution >= 4 is 66.3 Å². The fourth-order valence-electron chi connectivity index (χ4n) is 7.91. The Bertz CT molecular complexity index is 2040. The largest absolute Gasteiger partial charge is 0.461 e. The number of carbonyl (C=O) groups excluding carboxylic acids is 1. The molecule has 9 nitrogen and oxygen atoms in total. The first-order chi connectivity index (χ1) is 23.0. The van der Waals surface area contributed by atoms with Crippen LogP contribution in [0, 0.1) is 18.2 Å². The van der Waals surface area contributed by atoms with Gasteiger partial charge >= 0.3 is 6.01 Å². The van der Waals surface area contributed by atoms with E-state index in [4.69, 9.17) is 33.6 Å². The molecule has 2 aromatic heterocycles. The van der Waals surface area contributed by atoms with Gasteiger partial charge in [-0.1, -0.05) is 24.2 Å². The topological polar surface area (TPSA) is 92.2 Å². The molecule has 4 aromatic rings. The number of nitrogens with zero attached hydrogens (tertiary/aromatic N) is 6. The fourth-order valence-corrected chi connectivity index (χ4v) is 9.14. The number of rotatable bonds is 7. The monoisotopic (exact) mass is 695 g/mol. The van der Waals surface area contributed by atoms with Crippen molar-refractivity contribution in [3.63, 3.8) is 0 Å². The number of likely N-dealkylation sites (tertiary alicyclic amines) is 1. The number of likely N-dealkylation sites (N-methyl/N-ethyl adjacent to an activating group) is 1. The molecule has 14 heteroatoms. The van der Waals surface area contributed by atoms with E-state index in [1.807, 2.05) is 18.9 Å². The van der Waals surface area contributed by atoms with Crippen LogP contribution in [0.4, 0.5) is 29.7 Å². The smallest absolute Gasteiger partial charge is 0.319 e. The van der Waals surface area contributed by atoms with Crippen molar-refractivity contribution in [1.29, 1.82) is 0 Å². The molecule has 1 amide bonds. The summed E-state index contributed by atoms with van der Waals surface area (Å²) < 4.78 is 52.8. The van der Waals surface area contributed by atoms with E-state index < -0.39 is 23.3 Å². The fraction of sp³-hybridized carbons (Fsp3) is 0.412. The number of fused-ring (bicyclic) bond motifs is 3. The van der Waals surface area contributed by atoms with Crippen molar-refractivity contribution in [2.24, 2.45) is 0 Å². The lowest BCUT2D eigenvalue weighted by molar-refractivity contribution is -0.126. The van der Waals surface area contributed by atoms with E-state index in [-0.39, 0.29) is 73.0 Å². The van der Waals surface area contributed by atoms with E-state index in [0.717, 1.165) is 30.7 Å². The van der Waals surface area contributed by atoms with Crippen LogP contribution in [-0.4, -0.2) is 82.8 Å². The number of halogens is 4. The molecular formula is C34H33ClF3N7O2S. The van der Waals surface area contributed by atoms with Gasteiger partial charge in [0.25, 0.3) is 0 Å². The van der Waals surface area contributed by atoms with Crippen molar-refractivity contribution in [2.45, 2.75) is 56.4 Å². The molecule has 48 heavy (non-hydrogen) atoms. The molecule has 0 unspecified atom stereocenters.